The number of hydrogen-bond acceptors (Lipinski definition) is 8. The Morgan fingerprint density at radius 3 is 2.54 bits per heavy atom. The summed E-state index contributed by atoms with van der Waals surface area (Å²) in [5.74, 6) is -4.26. The molecule has 0 bridgehead atoms. The van der Waals surface area contributed by atoms with Crippen molar-refractivity contribution in [1.29, 1.82) is 0 Å². The highest BCUT2D eigenvalue weighted by atomic mass is 19.3. The van der Waals surface area contributed by atoms with Crippen LogP contribution in [0, 0.1) is 35.2 Å². The number of phenolic OH excluding ortho intramolecular Hbond substituents is 1. The Morgan fingerprint density at radius 2 is 1.87 bits per heavy atom. The second-order valence-electron chi connectivity index (χ2n) is 12.6. The summed E-state index contributed by atoms with van der Waals surface area (Å²) in [5, 5.41) is 21.4. The van der Waals surface area contributed by atoms with Crippen LogP contribution in [0.15, 0.2) is 30.3 Å². The topological polar surface area (TPSA) is 91.2 Å². The lowest BCUT2D eigenvalue weighted by molar-refractivity contribution is -0.0123. The normalized spacial score (nSPS) is 22.7. The van der Waals surface area contributed by atoms with Crippen LogP contribution in [0.3, 0.4) is 0 Å². The fourth-order valence-electron chi connectivity index (χ4n) is 6.22. The van der Waals surface area contributed by atoms with Crippen molar-refractivity contribution in [1.82, 2.24) is 14.9 Å². The SMILES string of the molecule is C#Cc1c(F)ccc2cc(O)cc(-c3c(F)cc4c(N5CCOCC(C)(O)C5)nc(OCC5(CN(C)C)CC5(F)F)nc4c3F)c12. The molecule has 2 unspecified atom stereocenters. The lowest BCUT2D eigenvalue weighted by Crippen LogP contribution is -2.42. The molecule has 0 spiro atoms. The lowest BCUT2D eigenvalue weighted by atomic mass is 9.92. The predicted molar refractivity (Wildman–Crippen MR) is 162 cm³/mol. The van der Waals surface area contributed by atoms with Crippen LogP contribution in [0.4, 0.5) is 27.8 Å². The van der Waals surface area contributed by atoms with E-state index in [0.717, 1.165) is 18.2 Å². The quantitative estimate of drug-likeness (QED) is 0.213. The van der Waals surface area contributed by atoms with Gasteiger partial charge in [-0.25, -0.2) is 22.0 Å². The standard InChI is InChI=1S/C33H31F5N4O4/c1-5-20-23(34)7-6-18-10-19(43)11-21(25(18)20)26-24(35)12-22-28(27(26)36)39-30(46-17-32(15-41(3)4)13-33(32,37)38)40-29(22)42-8-9-45-16-31(2,44)14-42/h1,6-7,10-12,43-44H,8-9,13-17H2,2-4H3. The number of aromatic hydroxyl groups is 1. The maximum Gasteiger partial charge on any atom is 0.319 e. The molecule has 1 saturated heterocycles. The van der Waals surface area contributed by atoms with Crippen molar-refractivity contribution in [2.24, 2.45) is 5.41 Å². The summed E-state index contributed by atoms with van der Waals surface area (Å²) < 4.78 is 87.9. The van der Waals surface area contributed by atoms with Gasteiger partial charge in [0.15, 0.2) is 5.82 Å². The van der Waals surface area contributed by atoms with Gasteiger partial charge in [0, 0.05) is 35.8 Å². The monoisotopic (exact) mass is 642 g/mol. The zero-order chi connectivity index (χ0) is 33.2. The molecule has 0 amide bonds. The number of benzene rings is 3. The number of aliphatic hydroxyl groups is 1. The molecular formula is C33H31F5N4O4. The summed E-state index contributed by atoms with van der Waals surface area (Å²) in [7, 11) is 3.31. The van der Waals surface area contributed by atoms with Gasteiger partial charge in [0.25, 0.3) is 5.92 Å². The number of phenols is 1. The Bertz CT molecular complexity index is 1910. The van der Waals surface area contributed by atoms with Crippen molar-refractivity contribution in [2.45, 2.75) is 24.9 Å². The van der Waals surface area contributed by atoms with Crippen molar-refractivity contribution in [3.8, 4) is 35.2 Å². The van der Waals surface area contributed by atoms with Crippen LogP contribution in [0.5, 0.6) is 11.8 Å². The molecular weight excluding hydrogens is 611 g/mol. The third kappa shape index (κ3) is 5.55. The van der Waals surface area contributed by atoms with Gasteiger partial charge in [-0.05, 0) is 50.7 Å². The molecule has 3 aromatic carbocycles. The number of ether oxygens (including phenoxy) is 2. The van der Waals surface area contributed by atoms with E-state index in [-0.39, 0.29) is 71.7 Å². The second kappa shape index (κ2) is 11.2. The summed E-state index contributed by atoms with van der Waals surface area (Å²) in [6.07, 6.45) is 5.16. The van der Waals surface area contributed by atoms with Gasteiger partial charge in [0.05, 0.1) is 36.3 Å². The molecule has 2 aliphatic rings. The molecule has 242 valence electrons. The van der Waals surface area contributed by atoms with Gasteiger partial charge in [-0.3, -0.25) is 0 Å². The number of alkyl halides is 2. The first-order chi connectivity index (χ1) is 21.6. The van der Waals surface area contributed by atoms with Gasteiger partial charge in [0.2, 0.25) is 0 Å². The first-order valence-electron chi connectivity index (χ1n) is 14.5. The summed E-state index contributed by atoms with van der Waals surface area (Å²) in [4.78, 5) is 11.8. The average Bonchev–Trinajstić information content (AvgIpc) is 3.57. The summed E-state index contributed by atoms with van der Waals surface area (Å²) >= 11 is 0. The molecule has 1 aliphatic carbocycles. The van der Waals surface area contributed by atoms with Crippen LogP contribution >= 0.6 is 0 Å². The minimum atomic E-state index is -3.00. The fraction of sp³-hybridized carbons (Fsp3) is 0.394. The van der Waals surface area contributed by atoms with E-state index in [1.807, 2.05) is 0 Å². The maximum absolute atomic E-state index is 16.7. The van der Waals surface area contributed by atoms with E-state index in [2.05, 4.69) is 15.9 Å². The van der Waals surface area contributed by atoms with E-state index in [9.17, 15) is 23.4 Å². The Balaban J connectivity index is 1.57. The third-order valence-electron chi connectivity index (χ3n) is 8.36. The van der Waals surface area contributed by atoms with Crippen LogP contribution in [0.1, 0.15) is 18.9 Å². The van der Waals surface area contributed by atoms with Gasteiger partial charge in [-0.1, -0.05) is 12.0 Å². The van der Waals surface area contributed by atoms with Gasteiger partial charge >= 0.3 is 6.01 Å². The number of nitrogens with zero attached hydrogens (tertiary/aromatic N) is 4. The van der Waals surface area contributed by atoms with E-state index in [0.29, 0.717) is 0 Å². The molecule has 0 radical (unpaired) electrons. The molecule has 2 N–H and O–H groups in total. The van der Waals surface area contributed by atoms with E-state index in [1.165, 1.54) is 19.1 Å². The molecule has 1 saturated carbocycles. The number of halogens is 5. The number of hydrogen-bond donors (Lipinski definition) is 2. The van der Waals surface area contributed by atoms with Crippen molar-refractivity contribution < 1.29 is 41.6 Å². The van der Waals surface area contributed by atoms with E-state index < -0.39 is 64.5 Å². The van der Waals surface area contributed by atoms with Crippen molar-refractivity contribution in [3.05, 3.63) is 53.3 Å². The summed E-state index contributed by atoms with van der Waals surface area (Å²) in [6, 6.07) is 5.30. The van der Waals surface area contributed by atoms with Gasteiger partial charge < -0.3 is 29.5 Å². The number of aromatic nitrogens is 2. The number of terminal acetylenes is 1. The maximum atomic E-state index is 16.7. The number of rotatable bonds is 7. The zero-order valence-electron chi connectivity index (χ0n) is 25.3. The van der Waals surface area contributed by atoms with Crippen molar-refractivity contribution in [2.75, 3.05) is 58.5 Å². The van der Waals surface area contributed by atoms with Gasteiger partial charge in [-0.15, -0.1) is 6.42 Å². The highest BCUT2D eigenvalue weighted by Gasteiger charge is 2.71. The third-order valence-corrected chi connectivity index (χ3v) is 8.36. The first-order valence-corrected chi connectivity index (χ1v) is 14.5. The largest absolute Gasteiger partial charge is 0.508 e. The van der Waals surface area contributed by atoms with Crippen LogP contribution in [-0.2, 0) is 4.74 Å². The molecule has 46 heavy (non-hydrogen) atoms. The summed E-state index contributed by atoms with van der Waals surface area (Å²) in [5.41, 5.74) is -4.46. The van der Waals surface area contributed by atoms with Crippen LogP contribution < -0.4 is 9.64 Å². The van der Waals surface area contributed by atoms with Crippen LogP contribution in [0.25, 0.3) is 32.8 Å². The Kier molecular flexibility index (Phi) is 7.74. The molecule has 1 aliphatic heterocycles. The fourth-order valence-corrected chi connectivity index (χ4v) is 6.22. The van der Waals surface area contributed by atoms with Crippen molar-refractivity contribution in [3.63, 3.8) is 0 Å². The van der Waals surface area contributed by atoms with E-state index >= 15 is 8.78 Å². The van der Waals surface area contributed by atoms with Crippen molar-refractivity contribution >= 4 is 27.5 Å². The molecule has 1 aromatic heterocycles. The smallest absolute Gasteiger partial charge is 0.319 e. The highest BCUT2D eigenvalue weighted by molar-refractivity contribution is 6.04. The molecule has 2 heterocycles. The number of fused-ring (bicyclic) bond motifs is 2. The lowest BCUT2D eigenvalue weighted by Gasteiger charge is -2.29. The Morgan fingerprint density at radius 1 is 1.13 bits per heavy atom. The molecule has 13 heteroatoms. The van der Waals surface area contributed by atoms with Gasteiger partial charge in [-0.2, -0.15) is 9.97 Å². The summed E-state index contributed by atoms with van der Waals surface area (Å²) in [6.45, 7) is 1.31. The first kappa shape index (κ1) is 31.7. The number of β-amino-alcohol motifs (C(OH)–C–C–N with tert-alkyl or cyclic N) is 1. The second-order valence-corrected chi connectivity index (χ2v) is 12.6. The minimum Gasteiger partial charge on any atom is -0.508 e. The molecule has 2 fully saturated rings. The van der Waals surface area contributed by atoms with Crippen LogP contribution in [0.2, 0.25) is 0 Å². The zero-order valence-corrected chi connectivity index (χ0v) is 25.3. The number of anilines is 1. The molecule has 2 atom stereocenters. The minimum absolute atomic E-state index is 0.00879. The predicted octanol–water partition coefficient (Wildman–Crippen LogP) is 5.11. The molecule has 4 aromatic rings. The van der Waals surface area contributed by atoms with Gasteiger partial charge in [0.1, 0.15) is 40.9 Å². The molecule has 8 nitrogen and oxygen atoms in total. The average molecular weight is 643 g/mol. The molecule has 6 rings (SSSR count). The highest BCUT2D eigenvalue weighted by Crippen LogP contribution is 2.60. The van der Waals surface area contributed by atoms with E-state index in [4.69, 9.17) is 15.9 Å². The van der Waals surface area contributed by atoms with Crippen LogP contribution in [-0.4, -0.2) is 90.2 Å². The van der Waals surface area contributed by atoms with E-state index in [1.54, 1.807) is 23.9 Å². The Hall–Kier alpha value is -4.25. The Labute approximate surface area is 261 Å².